The smallest absolute Gasteiger partial charge is 0.121 e. The summed E-state index contributed by atoms with van der Waals surface area (Å²) in [7, 11) is 1.54. The zero-order valence-corrected chi connectivity index (χ0v) is 9.03. The summed E-state index contributed by atoms with van der Waals surface area (Å²) in [6, 6.07) is 4.77. The maximum atomic E-state index is 10.1. The molecule has 0 saturated heterocycles. The first-order valence-corrected chi connectivity index (χ1v) is 4.72. The maximum Gasteiger partial charge on any atom is 0.121 e. The van der Waals surface area contributed by atoms with Gasteiger partial charge in [-0.2, -0.15) is 0 Å². The second kappa shape index (κ2) is 4.36. The minimum Gasteiger partial charge on any atom is -0.508 e. The third-order valence-electron chi connectivity index (χ3n) is 2.33. The largest absolute Gasteiger partial charge is 0.508 e. The first kappa shape index (κ1) is 11.6. The predicted octanol–water partition coefficient (Wildman–Crippen LogP) is 2.18. The number of aromatic hydroxyl groups is 1. The van der Waals surface area contributed by atoms with Gasteiger partial charge in [0.25, 0.3) is 0 Å². The Morgan fingerprint density at radius 3 is 2.73 bits per heavy atom. The number of aliphatic hydroxyl groups is 1. The van der Waals surface area contributed by atoms with Gasteiger partial charge < -0.3 is 14.9 Å². The highest BCUT2D eigenvalue weighted by Crippen LogP contribution is 2.34. The van der Waals surface area contributed by atoms with E-state index in [2.05, 4.69) is 6.58 Å². The van der Waals surface area contributed by atoms with Gasteiger partial charge in [0.2, 0.25) is 0 Å². The van der Waals surface area contributed by atoms with Crippen LogP contribution in [-0.2, 0) is 5.60 Å². The van der Waals surface area contributed by atoms with Crippen LogP contribution in [0.3, 0.4) is 0 Å². The lowest BCUT2D eigenvalue weighted by molar-refractivity contribution is 0.0578. The molecule has 0 saturated carbocycles. The van der Waals surface area contributed by atoms with E-state index in [1.165, 1.54) is 6.07 Å². The van der Waals surface area contributed by atoms with Crippen molar-refractivity contribution in [1.29, 1.82) is 0 Å². The van der Waals surface area contributed by atoms with Crippen molar-refractivity contribution in [2.75, 3.05) is 7.11 Å². The maximum absolute atomic E-state index is 10.1. The predicted molar refractivity (Wildman–Crippen MR) is 59.0 cm³/mol. The van der Waals surface area contributed by atoms with E-state index in [-0.39, 0.29) is 5.75 Å². The van der Waals surface area contributed by atoms with E-state index in [0.29, 0.717) is 17.7 Å². The fourth-order valence-corrected chi connectivity index (χ4v) is 1.46. The van der Waals surface area contributed by atoms with E-state index >= 15 is 0 Å². The molecule has 0 unspecified atom stereocenters. The van der Waals surface area contributed by atoms with Crippen LogP contribution in [0.4, 0.5) is 0 Å². The van der Waals surface area contributed by atoms with Crippen molar-refractivity contribution >= 4 is 0 Å². The Bertz CT molecular complexity index is 356. The molecule has 0 amide bonds. The van der Waals surface area contributed by atoms with Crippen molar-refractivity contribution in [3.8, 4) is 11.5 Å². The Hall–Kier alpha value is -1.48. The van der Waals surface area contributed by atoms with E-state index in [0.717, 1.165) is 0 Å². The van der Waals surface area contributed by atoms with E-state index in [1.54, 1.807) is 32.2 Å². The van der Waals surface area contributed by atoms with Crippen LogP contribution in [0.15, 0.2) is 30.9 Å². The molecule has 0 spiro atoms. The lowest BCUT2D eigenvalue weighted by atomic mass is 9.91. The number of ether oxygens (including phenoxy) is 1. The van der Waals surface area contributed by atoms with E-state index in [4.69, 9.17) is 4.74 Å². The zero-order chi connectivity index (χ0) is 11.5. The molecule has 1 aromatic carbocycles. The van der Waals surface area contributed by atoms with Crippen LogP contribution in [0.2, 0.25) is 0 Å². The van der Waals surface area contributed by atoms with Gasteiger partial charge in [-0.25, -0.2) is 0 Å². The van der Waals surface area contributed by atoms with Gasteiger partial charge in [0.15, 0.2) is 0 Å². The van der Waals surface area contributed by atoms with Crippen LogP contribution >= 0.6 is 0 Å². The molecule has 0 bridgehead atoms. The monoisotopic (exact) mass is 208 g/mol. The Labute approximate surface area is 89.6 Å². The van der Waals surface area contributed by atoms with E-state index < -0.39 is 5.60 Å². The standard InChI is InChI=1S/C12H16O3/c1-4-7-12(2,14)10-8-9(15-3)5-6-11(10)13/h4-6,8,13-14H,1,7H2,2-3H3/t12-/m1/s1. The van der Waals surface area contributed by atoms with Crippen LogP contribution < -0.4 is 4.74 Å². The first-order valence-electron chi connectivity index (χ1n) is 4.72. The fourth-order valence-electron chi connectivity index (χ4n) is 1.46. The molecule has 0 radical (unpaired) electrons. The molecular formula is C12H16O3. The molecule has 1 aromatic rings. The van der Waals surface area contributed by atoms with E-state index in [1.807, 2.05) is 0 Å². The van der Waals surface area contributed by atoms with Gasteiger partial charge in [0.05, 0.1) is 12.7 Å². The average Bonchev–Trinajstić information content (AvgIpc) is 2.18. The van der Waals surface area contributed by atoms with Crippen molar-refractivity contribution in [3.63, 3.8) is 0 Å². The molecule has 0 aliphatic rings. The van der Waals surface area contributed by atoms with Gasteiger partial charge in [-0.3, -0.25) is 0 Å². The molecule has 0 fully saturated rings. The van der Waals surface area contributed by atoms with Gasteiger partial charge in [0, 0.05) is 5.56 Å². The van der Waals surface area contributed by atoms with E-state index in [9.17, 15) is 10.2 Å². The summed E-state index contributed by atoms with van der Waals surface area (Å²) in [6.07, 6.45) is 1.98. The summed E-state index contributed by atoms with van der Waals surface area (Å²) < 4.78 is 5.04. The van der Waals surface area contributed by atoms with Gasteiger partial charge >= 0.3 is 0 Å². The average molecular weight is 208 g/mol. The highest BCUT2D eigenvalue weighted by Gasteiger charge is 2.25. The second-order valence-electron chi connectivity index (χ2n) is 3.65. The summed E-state index contributed by atoms with van der Waals surface area (Å²) in [5, 5.41) is 19.7. The Morgan fingerprint density at radius 2 is 2.20 bits per heavy atom. The summed E-state index contributed by atoms with van der Waals surface area (Å²) >= 11 is 0. The molecule has 3 heteroatoms. The van der Waals surface area contributed by atoms with Gasteiger partial charge in [-0.05, 0) is 31.5 Å². The Kier molecular flexibility index (Phi) is 3.37. The number of methoxy groups -OCH3 is 1. The number of phenols is 1. The molecule has 0 aromatic heterocycles. The lowest BCUT2D eigenvalue weighted by Crippen LogP contribution is -2.20. The highest BCUT2D eigenvalue weighted by atomic mass is 16.5. The normalized spacial score (nSPS) is 14.3. The number of rotatable bonds is 4. The van der Waals surface area contributed by atoms with Crippen LogP contribution in [-0.4, -0.2) is 17.3 Å². The molecular weight excluding hydrogens is 192 g/mol. The molecule has 82 valence electrons. The molecule has 0 aliphatic carbocycles. The summed E-state index contributed by atoms with van der Waals surface area (Å²) in [6.45, 7) is 5.20. The second-order valence-corrected chi connectivity index (χ2v) is 3.65. The van der Waals surface area contributed by atoms with Crippen molar-refractivity contribution in [2.24, 2.45) is 0 Å². The van der Waals surface area contributed by atoms with Crippen LogP contribution in [0, 0.1) is 0 Å². The number of phenolic OH excluding ortho intramolecular Hbond substituents is 1. The van der Waals surface area contributed by atoms with Gasteiger partial charge in [0.1, 0.15) is 11.5 Å². The third-order valence-corrected chi connectivity index (χ3v) is 2.33. The van der Waals surface area contributed by atoms with Crippen molar-refractivity contribution in [2.45, 2.75) is 18.9 Å². The van der Waals surface area contributed by atoms with Crippen LogP contribution in [0.5, 0.6) is 11.5 Å². The highest BCUT2D eigenvalue weighted by molar-refractivity contribution is 5.42. The first-order chi connectivity index (χ1) is 7.01. The minimum absolute atomic E-state index is 0.0580. The Balaban J connectivity index is 3.16. The zero-order valence-electron chi connectivity index (χ0n) is 9.03. The minimum atomic E-state index is -1.12. The lowest BCUT2D eigenvalue weighted by Gasteiger charge is -2.23. The molecule has 1 rings (SSSR count). The van der Waals surface area contributed by atoms with Crippen molar-refractivity contribution < 1.29 is 14.9 Å². The number of benzene rings is 1. The van der Waals surface area contributed by atoms with Crippen LogP contribution in [0.1, 0.15) is 18.9 Å². The topological polar surface area (TPSA) is 49.7 Å². The van der Waals surface area contributed by atoms with Crippen molar-refractivity contribution in [1.82, 2.24) is 0 Å². The molecule has 2 N–H and O–H groups in total. The Morgan fingerprint density at radius 1 is 1.53 bits per heavy atom. The molecule has 3 nitrogen and oxygen atoms in total. The molecule has 15 heavy (non-hydrogen) atoms. The fraction of sp³-hybridized carbons (Fsp3) is 0.333. The molecule has 0 aliphatic heterocycles. The molecule has 0 heterocycles. The van der Waals surface area contributed by atoms with Crippen molar-refractivity contribution in [3.05, 3.63) is 36.4 Å². The summed E-state index contributed by atoms with van der Waals surface area (Å²) in [5.41, 5.74) is -0.679. The summed E-state index contributed by atoms with van der Waals surface area (Å²) in [4.78, 5) is 0. The van der Waals surface area contributed by atoms with Crippen LogP contribution in [0.25, 0.3) is 0 Å². The third kappa shape index (κ3) is 2.50. The van der Waals surface area contributed by atoms with Gasteiger partial charge in [-0.15, -0.1) is 6.58 Å². The molecule has 1 atom stereocenters. The number of hydrogen-bond donors (Lipinski definition) is 2. The van der Waals surface area contributed by atoms with Gasteiger partial charge in [-0.1, -0.05) is 6.08 Å². The quantitative estimate of drug-likeness (QED) is 0.746. The number of hydrogen-bond acceptors (Lipinski definition) is 3. The SMILES string of the molecule is C=CC[C@@](C)(O)c1cc(OC)ccc1O. The summed E-state index contributed by atoms with van der Waals surface area (Å²) in [5.74, 6) is 0.662.